The Kier molecular flexibility index (Phi) is 18.4. The number of aliphatic hydroxyl groups excluding tert-OH is 1. The molecule has 1 unspecified atom stereocenters. The van der Waals surface area contributed by atoms with Crippen LogP contribution in [-0.2, 0) is 25.5 Å². The van der Waals surface area contributed by atoms with Crippen LogP contribution in [0.15, 0.2) is 23.9 Å². The molecule has 3 aliphatic rings. The van der Waals surface area contributed by atoms with Crippen LogP contribution in [0, 0.1) is 56.3 Å². The number of carbonyl (C=O) groups is 2. The molecule has 3 aromatic heterocycles. The van der Waals surface area contributed by atoms with E-state index in [2.05, 4.69) is 62.0 Å². The third-order valence-electron chi connectivity index (χ3n) is 14.5. The van der Waals surface area contributed by atoms with Crippen molar-refractivity contribution in [3.63, 3.8) is 0 Å². The molecule has 5 heterocycles. The van der Waals surface area contributed by atoms with E-state index in [0.29, 0.717) is 28.3 Å². The topological polar surface area (TPSA) is 129 Å². The Morgan fingerprint density at radius 3 is 2.14 bits per heavy atom. The first kappa shape index (κ1) is 51.8. The fraction of sp³-hybridized carbons (Fsp3) is 0.564. The molecule has 0 saturated carbocycles. The fourth-order valence-electron chi connectivity index (χ4n) is 10.4. The number of nitrogens with zero attached hydrogens (tertiary/aromatic N) is 4. The third kappa shape index (κ3) is 11.7. The minimum atomic E-state index is -1.07. The molecule has 0 spiro atoms. The summed E-state index contributed by atoms with van der Waals surface area (Å²) in [5.41, 5.74) is 9.73. The molecular weight excluding hydrogens is 821 g/mol. The van der Waals surface area contributed by atoms with E-state index >= 15 is 0 Å². The number of methoxy groups -OCH3 is 1. The predicted molar refractivity (Wildman–Crippen MR) is 266 cm³/mol. The van der Waals surface area contributed by atoms with Gasteiger partial charge in [0.2, 0.25) is 0 Å². The monoisotopic (exact) mass is 895 g/mol. The molecule has 10 heteroatoms. The van der Waals surface area contributed by atoms with Crippen molar-refractivity contribution in [2.75, 3.05) is 13.7 Å². The number of aliphatic hydroxyl groups is 1. The maximum absolute atomic E-state index is 13.6. The molecule has 65 heavy (non-hydrogen) atoms. The average Bonchev–Trinajstić information content (AvgIpc) is 3.99. The van der Waals surface area contributed by atoms with Gasteiger partial charge in [0, 0.05) is 11.6 Å². The zero-order valence-electron chi connectivity index (χ0n) is 41.4. The van der Waals surface area contributed by atoms with Gasteiger partial charge in [-0.25, -0.2) is 0 Å². The van der Waals surface area contributed by atoms with Crippen molar-refractivity contribution in [2.45, 2.75) is 152 Å². The normalized spacial score (nSPS) is 21.7. The molecule has 1 saturated heterocycles. The van der Waals surface area contributed by atoms with Crippen molar-refractivity contribution in [2.24, 2.45) is 35.5 Å². The molecule has 6 rings (SSSR count). The second-order valence-corrected chi connectivity index (χ2v) is 19.6. The van der Waals surface area contributed by atoms with Crippen molar-refractivity contribution < 1.29 is 24.2 Å². The zero-order chi connectivity index (χ0) is 46.4. The van der Waals surface area contributed by atoms with Gasteiger partial charge >= 0.3 is 35.0 Å². The van der Waals surface area contributed by atoms with E-state index in [4.69, 9.17) is 29.7 Å². The van der Waals surface area contributed by atoms with Crippen molar-refractivity contribution in [3.8, 4) is 0 Å². The number of hydrogen-bond donors (Lipinski definition) is 1. The number of ether oxygens (including phenoxy) is 2. The number of fused-ring (bicyclic) bond motifs is 8. The summed E-state index contributed by atoms with van der Waals surface area (Å²) in [6.45, 7) is 26.2. The zero-order valence-corrected chi connectivity index (χ0v) is 42.8. The van der Waals surface area contributed by atoms with Gasteiger partial charge in [0.25, 0.3) is 0 Å². The second-order valence-electron chi connectivity index (χ2n) is 19.6. The first-order valence-electron chi connectivity index (χ1n) is 24.2. The largest absolute Gasteiger partial charge is 2.00 e. The Balaban J connectivity index is 0.00000793. The van der Waals surface area contributed by atoms with Crippen molar-refractivity contribution in [3.05, 3.63) is 95.4 Å². The summed E-state index contributed by atoms with van der Waals surface area (Å²) < 4.78 is 11.1. The van der Waals surface area contributed by atoms with Crippen LogP contribution in [0.1, 0.15) is 164 Å². The number of carbonyl (C=O) groups excluding carboxylic acids is 2. The summed E-state index contributed by atoms with van der Waals surface area (Å²) in [5, 5.41) is 20.0. The van der Waals surface area contributed by atoms with Crippen LogP contribution in [0.2, 0.25) is 0 Å². The van der Waals surface area contributed by atoms with Gasteiger partial charge < -0.3 is 34.8 Å². The maximum atomic E-state index is 13.6. The molecule has 0 amide bonds. The van der Waals surface area contributed by atoms with Crippen LogP contribution in [0.3, 0.4) is 0 Å². The van der Waals surface area contributed by atoms with Crippen LogP contribution < -0.4 is 36.2 Å². The first-order valence-corrected chi connectivity index (χ1v) is 24.2. The quantitative estimate of drug-likeness (QED) is 0.0679. The van der Waals surface area contributed by atoms with Gasteiger partial charge in [-0.3, -0.25) is 9.59 Å². The average molecular weight is 896 g/mol. The number of esters is 2. The number of hydrogen-bond acceptors (Lipinski definition) is 5. The summed E-state index contributed by atoms with van der Waals surface area (Å²) in [5.74, 6) is -0.00332. The van der Waals surface area contributed by atoms with Gasteiger partial charge in [0.15, 0.2) is 0 Å². The van der Waals surface area contributed by atoms with Gasteiger partial charge in [-0.15, -0.1) is 33.1 Å². The van der Waals surface area contributed by atoms with Gasteiger partial charge in [-0.1, -0.05) is 157 Å². The van der Waals surface area contributed by atoms with Crippen molar-refractivity contribution >= 4 is 70.6 Å². The van der Waals surface area contributed by atoms with Crippen LogP contribution in [-0.4, -0.2) is 59.9 Å². The Hall–Kier alpha value is -4.15. The van der Waals surface area contributed by atoms with Crippen molar-refractivity contribution in [1.82, 2.24) is 15.0 Å². The minimum Gasteiger partial charge on any atom is -0.681 e. The molecule has 2 aliphatic heterocycles. The second kappa shape index (κ2) is 23.0. The summed E-state index contributed by atoms with van der Waals surface area (Å²) in [4.78, 5) is 42.4. The van der Waals surface area contributed by atoms with Crippen LogP contribution >= 0.6 is 0 Å². The van der Waals surface area contributed by atoms with E-state index < -0.39 is 17.9 Å². The Bertz CT molecular complexity index is 2510. The van der Waals surface area contributed by atoms with Crippen LogP contribution in [0.25, 0.3) is 41.0 Å². The van der Waals surface area contributed by atoms with Crippen LogP contribution in [0.5, 0.6) is 0 Å². The summed E-state index contributed by atoms with van der Waals surface area (Å²) in [6.07, 6.45) is 22.6. The van der Waals surface area contributed by atoms with Gasteiger partial charge in [-0.05, 0) is 94.6 Å². The van der Waals surface area contributed by atoms with E-state index in [1.54, 1.807) is 0 Å². The minimum absolute atomic E-state index is 0. The first-order chi connectivity index (χ1) is 30.6. The summed E-state index contributed by atoms with van der Waals surface area (Å²) >= 11 is 0. The summed E-state index contributed by atoms with van der Waals surface area (Å²) in [6, 6.07) is -0.573. The standard InChI is InChI=1S/C55H74N4O5.Mg/c1-13-39-35(8)42-28-44-37(10)41(24-25-48(60)64-27-26-34(7)23-17-22-33(6)21-16-20-32(5)19-15-18-31(3)4)52(58-44)50-51(55(62)63-12)54(61)49-38(11)45(59-53(49)50)30-47-40(14-2)36(9)43(57-47)29-46(39)56-42;/h13,26,28-33,37,41,51-52,61H,1,14-25,27H2,2-12H3;/q-4;+2/b34-26+,43-29-,44-28-,47-30-;/t32-,33-,37+,41+,51+,52?;/m1./s1. The molecule has 0 radical (unpaired) electrons. The molecule has 3 aromatic rings. The summed E-state index contributed by atoms with van der Waals surface area (Å²) in [7, 11) is 1.33. The SMILES string of the molecule is C=Cc1c2[n-]c(c1C)/C=C1\[N-]C(C3=c4[n-]c(c(C)c4=C(O)[C@H]3C(=O)OC)/C=c3\[n-]/c(c(C)c3CC)=C\2)[C@@H](CCC(=O)OC/C=C(\C)CCC[C@H](C)CCC[C@H](C)CCCC(C)C)[C@@H]1C.[Mg+2]. The van der Waals surface area contributed by atoms with Gasteiger partial charge in [-0.2, -0.15) is 5.70 Å². The van der Waals surface area contributed by atoms with E-state index in [9.17, 15) is 14.7 Å². The predicted octanol–water partition coefficient (Wildman–Crippen LogP) is 8.66. The molecule has 9 nitrogen and oxygen atoms in total. The van der Waals surface area contributed by atoms with E-state index in [-0.39, 0.29) is 59.6 Å². The molecular formula is C55H74MgN4O5-2. The van der Waals surface area contributed by atoms with Crippen LogP contribution in [0.4, 0.5) is 0 Å². The van der Waals surface area contributed by atoms with Gasteiger partial charge in [0.05, 0.1) is 7.11 Å². The Morgan fingerprint density at radius 1 is 0.846 bits per heavy atom. The van der Waals surface area contributed by atoms with Gasteiger partial charge in [0.1, 0.15) is 18.3 Å². The van der Waals surface area contributed by atoms with Crippen molar-refractivity contribution in [1.29, 1.82) is 0 Å². The maximum Gasteiger partial charge on any atom is 2.00 e. The molecule has 1 N–H and O–H groups in total. The molecule has 8 bridgehead atoms. The molecule has 348 valence electrons. The molecule has 6 atom stereocenters. The number of rotatable bonds is 20. The van der Waals surface area contributed by atoms with E-state index in [1.807, 2.05) is 44.2 Å². The molecule has 1 aliphatic carbocycles. The smallest absolute Gasteiger partial charge is 0.681 e. The number of allylic oxidation sites excluding steroid dienone is 2. The molecule has 0 aromatic carbocycles. The fourth-order valence-corrected chi connectivity index (χ4v) is 10.4. The Morgan fingerprint density at radius 2 is 1.49 bits per heavy atom. The van der Waals surface area contributed by atoms with E-state index in [1.165, 1.54) is 57.6 Å². The third-order valence-corrected chi connectivity index (χ3v) is 14.5. The molecule has 1 fully saturated rings. The number of aromatic nitrogens is 3. The van der Waals surface area contributed by atoms with E-state index in [0.717, 1.165) is 92.6 Å². The Labute approximate surface area is 404 Å².